The predicted molar refractivity (Wildman–Crippen MR) is 174 cm³/mol. The zero-order chi connectivity index (χ0) is 33.2. The Labute approximate surface area is 262 Å². The monoisotopic (exact) mass is 606 g/mol. The molecular weight excluding hydrogens is 556 g/mol. The lowest BCUT2D eigenvalue weighted by Crippen LogP contribution is -2.10. The molecule has 0 aromatic carbocycles. The Hall–Kier alpha value is -3.58. The number of ketones is 6. The van der Waals surface area contributed by atoms with Crippen LogP contribution in [0, 0.1) is 0 Å². The number of carbonyl (C=O) groups is 6. The molecule has 1 N–H and O–H groups in total. The lowest BCUT2D eigenvalue weighted by atomic mass is 10.00. The maximum atomic E-state index is 12.5. The molecule has 0 aromatic heterocycles. The number of allylic oxidation sites excluding steroid dienone is 11. The lowest BCUT2D eigenvalue weighted by molar-refractivity contribution is -0.116. The minimum atomic E-state index is -0.942. The van der Waals surface area contributed by atoms with Gasteiger partial charge in [-0.2, -0.15) is 0 Å². The molecule has 0 saturated heterocycles. The minimum Gasteiger partial charge on any atom is -0.389 e. The highest BCUT2D eigenvalue weighted by atomic mass is 16.3. The van der Waals surface area contributed by atoms with Crippen LogP contribution in [0.5, 0.6) is 0 Å². The van der Waals surface area contributed by atoms with Crippen LogP contribution in [0.4, 0.5) is 0 Å². The molecule has 0 heterocycles. The number of aliphatic hydroxyl groups is 1. The summed E-state index contributed by atoms with van der Waals surface area (Å²) >= 11 is 0. The summed E-state index contributed by atoms with van der Waals surface area (Å²) in [6, 6.07) is 0. The summed E-state index contributed by atoms with van der Waals surface area (Å²) in [4.78, 5) is 75.0. The first-order valence-electron chi connectivity index (χ1n) is 15.6. The van der Waals surface area contributed by atoms with E-state index in [1.54, 1.807) is 71.9 Å². The summed E-state index contributed by atoms with van der Waals surface area (Å²) in [7, 11) is 0. The number of aliphatic hydroxyl groups excluding tert-OH is 1. The van der Waals surface area contributed by atoms with Crippen LogP contribution in [0.15, 0.2) is 69.9 Å². The molecule has 0 spiro atoms. The van der Waals surface area contributed by atoms with Crippen molar-refractivity contribution in [3.8, 4) is 0 Å². The number of carbonyl (C=O) groups excluding carboxylic acids is 6. The van der Waals surface area contributed by atoms with Crippen LogP contribution >= 0.6 is 0 Å². The fourth-order valence-corrected chi connectivity index (χ4v) is 4.59. The van der Waals surface area contributed by atoms with Gasteiger partial charge in [0.05, 0.1) is 6.10 Å². The zero-order valence-electron chi connectivity index (χ0n) is 27.4. The van der Waals surface area contributed by atoms with E-state index in [1.807, 2.05) is 0 Å². The molecule has 240 valence electrons. The van der Waals surface area contributed by atoms with Gasteiger partial charge in [0.15, 0.2) is 34.7 Å². The van der Waals surface area contributed by atoms with Crippen molar-refractivity contribution in [3.05, 3.63) is 69.9 Å². The van der Waals surface area contributed by atoms with Crippen LogP contribution < -0.4 is 0 Å². The number of Topliss-reactive ketones (excluding diaryl/α,β-unsaturated/α-hetero) is 6. The van der Waals surface area contributed by atoms with E-state index in [9.17, 15) is 33.9 Å². The third-order valence-corrected chi connectivity index (χ3v) is 7.86. The van der Waals surface area contributed by atoms with Gasteiger partial charge in [-0.05, 0) is 120 Å². The molecule has 0 aliphatic heterocycles. The smallest absolute Gasteiger partial charge is 0.158 e. The van der Waals surface area contributed by atoms with Crippen molar-refractivity contribution in [2.24, 2.45) is 0 Å². The fourth-order valence-electron chi connectivity index (χ4n) is 4.59. The van der Waals surface area contributed by atoms with Gasteiger partial charge in [0.2, 0.25) is 0 Å². The zero-order valence-corrected chi connectivity index (χ0v) is 27.4. The van der Waals surface area contributed by atoms with E-state index in [2.05, 4.69) is 0 Å². The second-order valence-corrected chi connectivity index (χ2v) is 11.6. The summed E-state index contributed by atoms with van der Waals surface area (Å²) in [5.74, 6) is -0.426. The van der Waals surface area contributed by atoms with Crippen LogP contribution in [-0.4, -0.2) is 45.9 Å². The summed E-state index contributed by atoms with van der Waals surface area (Å²) < 4.78 is 0. The first kappa shape index (κ1) is 38.4. The SMILES string of the molecule is C/C1=C/CCC(=O)/C(C)=C\CCC(=O)/C(C)=C\C(O)CCC(=O)/C(C)=C\CCC(=O)/C(C)=C\CCC(=O)/C(C)=C\CCC1=O. The van der Waals surface area contributed by atoms with E-state index in [0.29, 0.717) is 65.5 Å². The topological polar surface area (TPSA) is 123 Å². The molecule has 44 heavy (non-hydrogen) atoms. The molecule has 7 nitrogen and oxygen atoms in total. The molecule has 1 atom stereocenters. The third-order valence-electron chi connectivity index (χ3n) is 7.86. The van der Waals surface area contributed by atoms with E-state index in [-0.39, 0.29) is 79.6 Å². The first-order chi connectivity index (χ1) is 20.7. The van der Waals surface area contributed by atoms with Crippen LogP contribution in [-0.2, 0) is 28.8 Å². The van der Waals surface area contributed by atoms with Crippen LogP contribution in [0.1, 0.15) is 119 Å². The van der Waals surface area contributed by atoms with E-state index >= 15 is 0 Å². The van der Waals surface area contributed by atoms with E-state index in [4.69, 9.17) is 0 Å². The highest BCUT2D eigenvalue weighted by molar-refractivity contribution is 5.98. The second kappa shape index (κ2) is 20.4. The van der Waals surface area contributed by atoms with Gasteiger partial charge in [-0.1, -0.05) is 30.4 Å². The van der Waals surface area contributed by atoms with Gasteiger partial charge in [-0.15, -0.1) is 0 Å². The molecule has 1 unspecified atom stereocenters. The van der Waals surface area contributed by atoms with E-state index < -0.39 is 6.10 Å². The average Bonchev–Trinajstić information content (AvgIpc) is 2.98. The maximum Gasteiger partial charge on any atom is 0.158 e. The quantitative estimate of drug-likeness (QED) is 0.311. The standard InChI is InChI=1S/C37H50O7/c1-25-12-7-17-32(39)26(2)13-9-19-34(41)28(4)15-11-21-36(43)30(6)24-31(38)22-23-37(44)29(5)16-10-20-35(42)27(3)14-8-18-33(25)40/h12-16,24,31,38H,7-11,17-23H2,1-6H3/b25-12-,26-13-,27-14-,28-15-,29-16-,30-24-. The fraction of sp³-hybridized carbons (Fsp3) is 0.514. The number of rotatable bonds is 0. The van der Waals surface area contributed by atoms with Crippen molar-refractivity contribution in [2.45, 2.75) is 125 Å². The predicted octanol–water partition coefficient (Wildman–Crippen LogP) is 7.13. The molecule has 0 aromatic rings. The van der Waals surface area contributed by atoms with Crippen LogP contribution in [0.25, 0.3) is 0 Å². The minimum absolute atomic E-state index is 0.0317. The molecule has 0 fully saturated rings. The Morgan fingerprint density at radius 1 is 0.409 bits per heavy atom. The van der Waals surface area contributed by atoms with E-state index in [1.165, 1.54) is 6.08 Å². The normalized spacial score (nSPS) is 28.8. The molecule has 0 bridgehead atoms. The highest BCUT2D eigenvalue weighted by Crippen LogP contribution is 2.15. The molecular formula is C37H50O7. The molecule has 0 saturated carbocycles. The first-order valence-corrected chi connectivity index (χ1v) is 15.6. The summed E-state index contributed by atoms with van der Waals surface area (Å²) in [5, 5.41) is 10.3. The third kappa shape index (κ3) is 15.2. The largest absolute Gasteiger partial charge is 0.389 e. The number of hydrogen-bond acceptors (Lipinski definition) is 7. The Kier molecular flexibility index (Phi) is 17.8. The van der Waals surface area contributed by atoms with Gasteiger partial charge in [-0.25, -0.2) is 0 Å². The van der Waals surface area contributed by atoms with Gasteiger partial charge in [0.1, 0.15) is 0 Å². The summed E-state index contributed by atoms with van der Waals surface area (Å²) in [5.41, 5.74) is 3.25. The van der Waals surface area contributed by atoms with Crippen molar-refractivity contribution in [2.75, 3.05) is 0 Å². The van der Waals surface area contributed by atoms with Crippen LogP contribution in [0.3, 0.4) is 0 Å². The maximum absolute atomic E-state index is 12.5. The van der Waals surface area contributed by atoms with Gasteiger partial charge in [-0.3, -0.25) is 28.8 Å². The molecule has 1 rings (SSSR count). The van der Waals surface area contributed by atoms with Crippen molar-refractivity contribution in [1.29, 1.82) is 0 Å². The van der Waals surface area contributed by atoms with Crippen LogP contribution in [0.2, 0.25) is 0 Å². The number of hydrogen-bond donors (Lipinski definition) is 1. The molecule has 1 aliphatic rings. The lowest BCUT2D eigenvalue weighted by Gasteiger charge is -2.08. The average molecular weight is 607 g/mol. The highest BCUT2D eigenvalue weighted by Gasteiger charge is 2.13. The van der Waals surface area contributed by atoms with Crippen molar-refractivity contribution >= 4 is 34.7 Å². The Bertz CT molecular complexity index is 1280. The van der Waals surface area contributed by atoms with E-state index in [0.717, 1.165) is 0 Å². The Morgan fingerprint density at radius 2 is 0.636 bits per heavy atom. The van der Waals surface area contributed by atoms with Gasteiger partial charge in [0, 0.05) is 38.5 Å². The molecule has 0 amide bonds. The van der Waals surface area contributed by atoms with Gasteiger partial charge < -0.3 is 5.11 Å². The molecule has 1 aliphatic carbocycles. The van der Waals surface area contributed by atoms with Gasteiger partial charge >= 0.3 is 0 Å². The van der Waals surface area contributed by atoms with Crippen molar-refractivity contribution < 1.29 is 33.9 Å². The van der Waals surface area contributed by atoms with Gasteiger partial charge in [0.25, 0.3) is 0 Å². The molecule has 7 heteroatoms. The Morgan fingerprint density at radius 3 is 0.909 bits per heavy atom. The van der Waals surface area contributed by atoms with Crippen molar-refractivity contribution in [3.63, 3.8) is 0 Å². The summed E-state index contributed by atoms with van der Waals surface area (Å²) in [6.45, 7) is 10.2. The molecule has 0 radical (unpaired) electrons. The second-order valence-electron chi connectivity index (χ2n) is 11.6. The summed E-state index contributed by atoms with van der Waals surface area (Å²) in [6.07, 6.45) is 12.9. The van der Waals surface area contributed by atoms with Crippen molar-refractivity contribution in [1.82, 2.24) is 0 Å². The Balaban J connectivity index is 3.01.